The normalized spacial score (nSPS) is 10.7. The summed E-state index contributed by atoms with van der Waals surface area (Å²) >= 11 is 1.31. The molecule has 0 atom stereocenters. The number of thiazole rings is 1. The zero-order valence-corrected chi connectivity index (χ0v) is 14.4. The first-order chi connectivity index (χ1) is 12.7. The van der Waals surface area contributed by atoms with E-state index in [4.69, 9.17) is 0 Å². The Hall–Kier alpha value is -3.53. The molecule has 0 unspecified atom stereocenters. The Morgan fingerprint density at radius 1 is 1.23 bits per heavy atom. The van der Waals surface area contributed by atoms with Gasteiger partial charge >= 0.3 is 0 Å². The quantitative estimate of drug-likeness (QED) is 0.590. The van der Waals surface area contributed by atoms with Gasteiger partial charge in [-0.2, -0.15) is 5.10 Å². The van der Waals surface area contributed by atoms with Crippen LogP contribution in [0.15, 0.2) is 49.6 Å². The average Bonchev–Trinajstić information content (AvgIpc) is 3.32. The minimum atomic E-state index is -0.279. The number of aromatic nitrogens is 7. The number of nitrogens with zero attached hydrogens (tertiary/aromatic N) is 7. The Morgan fingerprint density at radius 2 is 2.15 bits per heavy atom. The number of nitrogens with one attached hydrogen (secondary N) is 1. The van der Waals surface area contributed by atoms with Gasteiger partial charge in [-0.1, -0.05) is 0 Å². The molecule has 0 fully saturated rings. The van der Waals surface area contributed by atoms with Gasteiger partial charge in [-0.15, -0.1) is 11.3 Å². The van der Waals surface area contributed by atoms with Crippen molar-refractivity contribution in [2.75, 3.05) is 5.32 Å². The van der Waals surface area contributed by atoms with Gasteiger partial charge in [-0.25, -0.2) is 24.6 Å². The van der Waals surface area contributed by atoms with E-state index in [1.807, 2.05) is 12.1 Å². The lowest BCUT2D eigenvalue weighted by Gasteiger charge is -2.04. The number of rotatable bonds is 4. The average molecular weight is 364 g/mol. The summed E-state index contributed by atoms with van der Waals surface area (Å²) in [5.74, 6) is 0.592. The fraction of sp³-hybridized carbons (Fsp3) is 0.0625. The summed E-state index contributed by atoms with van der Waals surface area (Å²) in [6.45, 7) is 1.80. The first-order valence-corrected chi connectivity index (χ1v) is 8.38. The highest BCUT2D eigenvalue weighted by molar-refractivity contribution is 7.17. The first-order valence-electron chi connectivity index (χ1n) is 7.57. The van der Waals surface area contributed by atoms with Crippen molar-refractivity contribution in [1.82, 2.24) is 34.7 Å². The van der Waals surface area contributed by atoms with E-state index in [9.17, 15) is 4.79 Å². The topological polar surface area (TPSA) is 111 Å². The van der Waals surface area contributed by atoms with E-state index in [2.05, 4.69) is 35.3 Å². The van der Waals surface area contributed by atoms with Gasteiger partial charge in [-0.3, -0.25) is 9.78 Å². The van der Waals surface area contributed by atoms with E-state index in [0.717, 1.165) is 10.6 Å². The number of hydrogen-bond donors (Lipinski definition) is 1. The molecule has 9 nitrogen and oxygen atoms in total. The maximum atomic E-state index is 12.6. The number of carbonyl (C=O) groups is 1. The number of pyridine rings is 1. The fourth-order valence-electron chi connectivity index (χ4n) is 2.26. The lowest BCUT2D eigenvalue weighted by Crippen LogP contribution is -2.13. The maximum absolute atomic E-state index is 12.6. The van der Waals surface area contributed by atoms with Crippen molar-refractivity contribution in [2.45, 2.75) is 6.92 Å². The van der Waals surface area contributed by atoms with Gasteiger partial charge in [-0.05, 0) is 19.1 Å². The summed E-state index contributed by atoms with van der Waals surface area (Å²) in [4.78, 5) is 33.7. The zero-order valence-electron chi connectivity index (χ0n) is 13.6. The minimum absolute atomic E-state index is 0.279. The van der Waals surface area contributed by atoms with Crippen molar-refractivity contribution >= 4 is 23.1 Å². The van der Waals surface area contributed by atoms with Gasteiger partial charge in [0.05, 0.1) is 5.69 Å². The van der Waals surface area contributed by atoms with Crippen LogP contribution in [0.4, 0.5) is 5.82 Å². The van der Waals surface area contributed by atoms with Gasteiger partial charge in [0, 0.05) is 24.0 Å². The standard InChI is InChI=1S/C16H12N8OS/c1-10-14(26-16(22-10)11-3-2-4-17-6-11)15(25)23-12-5-13(20-8-19-12)24-9-18-7-21-24/h2-9H,1H3,(H,19,20,23,25). The number of amides is 1. The maximum Gasteiger partial charge on any atom is 0.268 e. The van der Waals surface area contributed by atoms with Crippen LogP contribution in [0.1, 0.15) is 15.4 Å². The van der Waals surface area contributed by atoms with Crippen molar-refractivity contribution in [3.8, 4) is 16.4 Å². The summed E-state index contributed by atoms with van der Waals surface area (Å²) < 4.78 is 1.48. The van der Waals surface area contributed by atoms with Gasteiger partial charge in [0.25, 0.3) is 5.91 Å². The largest absolute Gasteiger partial charge is 0.306 e. The van der Waals surface area contributed by atoms with Crippen LogP contribution in [0.3, 0.4) is 0 Å². The molecule has 1 N–H and O–H groups in total. The minimum Gasteiger partial charge on any atom is -0.306 e. The van der Waals surface area contributed by atoms with Crippen LogP contribution in [-0.2, 0) is 0 Å². The molecule has 4 aromatic rings. The van der Waals surface area contributed by atoms with Crippen molar-refractivity contribution in [1.29, 1.82) is 0 Å². The smallest absolute Gasteiger partial charge is 0.268 e. The molecule has 0 aliphatic carbocycles. The lowest BCUT2D eigenvalue weighted by atomic mass is 10.3. The molecule has 1 amide bonds. The van der Waals surface area contributed by atoms with Gasteiger partial charge in [0.2, 0.25) is 0 Å². The highest BCUT2D eigenvalue weighted by atomic mass is 32.1. The summed E-state index contributed by atoms with van der Waals surface area (Å²) in [5.41, 5.74) is 1.52. The Labute approximate surface area is 151 Å². The third-order valence-electron chi connectivity index (χ3n) is 3.46. The van der Waals surface area contributed by atoms with Crippen LogP contribution in [0, 0.1) is 6.92 Å². The molecule has 0 spiro atoms. The van der Waals surface area contributed by atoms with Crippen LogP contribution in [0.2, 0.25) is 0 Å². The Kier molecular flexibility index (Phi) is 4.15. The molecular formula is C16H12N8OS. The second-order valence-electron chi connectivity index (χ2n) is 5.23. The van der Waals surface area contributed by atoms with E-state index in [0.29, 0.717) is 22.2 Å². The van der Waals surface area contributed by atoms with Crippen LogP contribution < -0.4 is 5.32 Å². The van der Waals surface area contributed by atoms with E-state index >= 15 is 0 Å². The van der Waals surface area contributed by atoms with Crippen molar-refractivity contribution in [3.63, 3.8) is 0 Å². The summed E-state index contributed by atoms with van der Waals surface area (Å²) in [6.07, 6.45) is 7.68. The molecule has 26 heavy (non-hydrogen) atoms. The van der Waals surface area contributed by atoms with Crippen LogP contribution in [0.5, 0.6) is 0 Å². The fourth-order valence-corrected chi connectivity index (χ4v) is 3.21. The van der Waals surface area contributed by atoms with Crippen LogP contribution in [-0.4, -0.2) is 40.6 Å². The molecule has 0 aromatic carbocycles. The monoisotopic (exact) mass is 364 g/mol. The molecule has 4 aromatic heterocycles. The number of anilines is 1. The predicted molar refractivity (Wildman–Crippen MR) is 95.0 cm³/mol. The van der Waals surface area contributed by atoms with Gasteiger partial charge < -0.3 is 5.32 Å². The van der Waals surface area contributed by atoms with E-state index in [1.54, 1.807) is 25.4 Å². The third-order valence-corrected chi connectivity index (χ3v) is 4.66. The van der Waals surface area contributed by atoms with Gasteiger partial charge in [0.1, 0.15) is 34.7 Å². The van der Waals surface area contributed by atoms with E-state index in [-0.39, 0.29) is 5.91 Å². The summed E-state index contributed by atoms with van der Waals surface area (Å²) in [6, 6.07) is 5.35. The van der Waals surface area contributed by atoms with E-state index in [1.165, 1.54) is 35.0 Å². The number of carbonyl (C=O) groups excluding carboxylic acids is 1. The van der Waals surface area contributed by atoms with E-state index < -0.39 is 0 Å². The molecule has 0 bridgehead atoms. The molecule has 10 heteroatoms. The molecule has 128 valence electrons. The number of aryl methyl sites for hydroxylation is 1. The van der Waals surface area contributed by atoms with Crippen molar-refractivity contribution in [2.24, 2.45) is 0 Å². The summed E-state index contributed by atoms with van der Waals surface area (Å²) in [7, 11) is 0. The lowest BCUT2D eigenvalue weighted by molar-refractivity contribution is 0.102. The van der Waals surface area contributed by atoms with Crippen LogP contribution >= 0.6 is 11.3 Å². The van der Waals surface area contributed by atoms with Crippen molar-refractivity contribution in [3.05, 3.63) is 60.1 Å². The highest BCUT2D eigenvalue weighted by Gasteiger charge is 2.17. The van der Waals surface area contributed by atoms with Crippen molar-refractivity contribution < 1.29 is 4.79 Å². The molecule has 0 saturated heterocycles. The predicted octanol–water partition coefficient (Wildman–Crippen LogP) is 2.14. The molecule has 0 saturated carbocycles. The SMILES string of the molecule is Cc1nc(-c2cccnc2)sc1C(=O)Nc1cc(-n2cncn2)ncn1. The molecular weight excluding hydrogens is 352 g/mol. The molecule has 4 heterocycles. The summed E-state index contributed by atoms with van der Waals surface area (Å²) in [5, 5.41) is 7.52. The first kappa shape index (κ1) is 16.0. The Balaban J connectivity index is 1.58. The molecule has 4 rings (SSSR count). The molecule has 0 aliphatic rings. The molecule has 0 radical (unpaired) electrons. The highest BCUT2D eigenvalue weighted by Crippen LogP contribution is 2.27. The zero-order chi connectivity index (χ0) is 17.9. The molecule has 0 aliphatic heterocycles. The second-order valence-corrected chi connectivity index (χ2v) is 6.23. The van der Waals surface area contributed by atoms with Gasteiger partial charge in [0.15, 0.2) is 5.82 Å². The number of hydrogen-bond acceptors (Lipinski definition) is 8. The Bertz CT molecular complexity index is 1050. The Morgan fingerprint density at radius 3 is 2.92 bits per heavy atom. The second kappa shape index (κ2) is 6.76. The third kappa shape index (κ3) is 3.17. The van der Waals surface area contributed by atoms with Crippen LogP contribution in [0.25, 0.3) is 16.4 Å².